The number of benzene rings is 8. The monoisotopic (exact) mass is 734 g/mol. The van der Waals surface area contributed by atoms with E-state index in [1.165, 1.54) is 75.5 Å². The maximum Gasteiger partial charge on any atom is 0.0588 e. The van der Waals surface area contributed by atoms with E-state index < -0.39 is 0 Å². The van der Waals surface area contributed by atoms with Crippen LogP contribution in [0.3, 0.4) is 0 Å². The molecular formula is C53H38N2S. The molecule has 11 rings (SSSR count). The van der Waals surface area contributed by atoms with Crippen molar-refractivity contribution >= 4 is 82.5 Å². The van der Waals surface area contributed by atoms with Crippen LogP contribution in [0.5, 0.6) is 0 Å². The Hall–Kier alpha value is -6.68. The van der Waals surface area contributed by atoms with Gasteiger partial charge in [0.15, 0.2) is 0 Å². The smallest absolute Gasteiger partial charge is 0.0588 e. The lowest BCUT2D eigenvalue weighted by Crippen LogP contribution is -2.16. The van der Waals surface area contributed by atoms with Gasteiger partial charge in [-0.25, -0.2) is 0 Å². The topological polar surface area (TPSA) is 8.17 Å². The molecule has 0 radical (unpaired) electrons. The molecule has 8 aromatic carbocycles. The molecule has 0 N–H and O–H groups in total. The first kappa shape index (κ1) is 32.7. The molecule has 266 valence electrons. The van der Waals surface area contributed by atoms with E-state index in [9.17, 15) is 0 Å². The van der Waals surface area contributed by atoms with E-state index >= 15 is 0 Å². The summed E-state index contributed by atoms with van der Waals surface area (Å²) in [6, 6.07) is 66.5. The summed E-state index contributed by atoms with van der Waals surface area (Å²) < 4.78 is 5.11. The predicted molar refractivity (Wildman–Crippen MR) is 241 cm³/mol. The Morgan fingerprint density at radius 3 is 1.93 bits per heavy atom. The van der Waals surface area contributed by atoms with E-state index in [0.29, 0.717) is 0 Å². The summed E-state index contributed by atoms with van der Waals surface area (Å²) in [6.45, 7) is 4.79. The third kappa shape index (κ3) is 5.08. The maximum atomic E-state index is 2.48. The quantitative estimate of drug-likeness (QED) is 0.154. The van der Waals surface area contributed by atoms with Crippen LogP contribution in [-0.2, 0) is 5.41 Å². The van der Waals surface area contributed by atoms with Crippen molar-refractivity contribution in [3.8, 4) is 16.8 Å². The van der Waals surface area contributed by atoms with Gasteiger partial charge in [-0.1, -0.05) is 141 Å². The Balaban J connectivity index is 0.941. The van der Waals surface area contributed by atoms with Gasteiger partial charge in [-0.15, -0.1) is 11.3 Å². The summed E-state index contributed by atoms with van der Waals surface area (Å²) in [5, 5.41) is 5.20. The van der Waals surface area contributed by atoms with Gasteiger partial charge >= 0.3 is 0 Å². The number of nitrogens with zero attached hydrogens (tertiary/aromatic N) is 2. The summed E-state index contributed by atoms with van der Waals surface area (Å²) in [7, 11) is 0. The van der Waals surface area contributed by atoms with Crippen LogP contribution in [0.1, 0.15) is 36.1 Å². The molecule has 0 saturated heterocycles. The van der Waals surface area contributed by atoms with Crippen molar-refractivity contribution in [1.29, 1.82) is 0 Å². The van der Waals surface area contributed by atoms with Gasteiger partial charge < -0.3 is 9.47 Å². The van der Waals surface area contributed by atoms with Gasteiger partial charge in [0.25, 0.3) is 0 Å². The lowest BCUT2D eigenvalue weighted by Gasteiger charge is -2.25. The third-order valence-corrected chi connectivity index (χ3v) is 12.9. The zero-order valence-corrected chi connectivity index (χ0v) is 32.1. The zero-order valence-electron chi connectivity index (χ0n) is 31.3. The van der Waals surface area contributed by atoms with Crippen molar-refractivity contribution in [1.82, 2.24) is 4.57 Å². The average Bonchev–Trinajstić information content (AvgIpc) is 3.86. The standard InChI is InChI=1S/C53H38N2S/c1-53(2)47-33-36(25-29-41(47)44-30-31-45-42-17-9-11-19-48(42)55(52(45)51(44)53)38-15-7-4-8-16-38)22-21-35-23-26-39(27-24-35)54(37-13-5-3-6-14-37)40-28-32-50-46(34-40)43-18-10-12-20-49(43)56-50/h3-34H,1-2H3/b22-21+. The first-order valence-corrected chi connectivity index (χ1v) is 20.2. The van der Waals surface area contributed by atoms with E-state index in [1.807, 2.05) is 11.3 Å². The largest absolute Gasteiger partial charge is 0.310 e. The number of anilines is 3. The Bertz CT molecular complexity index is 3150. The van der Waals surface area contributed by atoms with E-state index in [2.05, 4.69) is 217 Å². The first-order chi connectivity index (χ1) is 27.5. The molecule has 2 heterocycles. The Labute approximate surface area is 330 Å². The molecular weight excluding hydrogens is 697 g/mol. The number of hydrogen-bond donors (Lipinski definition) is 0. The molecule has 0 bridgehead atoms. The molecule has 2 nitrogen and oxygen atoms in total. The minimum atomic E-state index is -0.185. The molecule has 0 saturated carbocycles. The summed E-state index contributed by atoms with van der Waals surface area (Å²) in [6.07, 6.45) is 4.50. The van der Waals surface area contributed by atoms with Crippen molar-refractivity contribution in [3.63, 3.8) is 0 Å². The number of hydrogen-bond acceptors (Lipinski definition) is 2. The fourth-order valence-electron chi connectivity index (χ4n) is 9.12. The van der Waals surface area contributed by atoms with Gasteiger partial charge in [-0.2, -0.15) is 0 Å². The normalized spacial score (nSPS) is 13.2. The second-order valence-corrected chi connectivity index (χ2v) is 16.5. The van der Waals surface area contributed by atoms with E-state index in [-0.39, 0.29) is 5.41 Å². The third-order valence-electron chi connectivity index (χ3n) is 11.7. The first-order valence-electron chi connectivity index (χ1n) is 19.3. The number of aromatic nitrogens is 1. The minimum Gasteiger partial charge on any atom is -0.310 e. The molecule has 2 aromatic heterocycles. The highest BCUT2D eigenvalue weighted by Crippen LogP contribution is 2.53. The van der Waals surface area contributed by atoms with Crippen molar-refractivity contribution in [3.05, 3.63) is 204 Å². The summed E-state index contributed by atoms with van der Waals surface area (Å²) >= 11 is 1.86. The number of thiophene rings is 1. The van der Waals surface area contributed by atoms with Crippen LogP contribution in [0.15, 0.2) is 182 Å². The second-order valence-electron chi connectivity index (χ2n) is 15.4. The van der Waals surface area contributed by atoms with Crippen LogP contribution in [0.4, 0.5) is 17.1 Å². The van der Waals surface area contributed by atoms with Crippen LogP contribution in [0, 0.1) is 0 Å². The number of rotatable bonds is 6. The Morgan fingerprint density at radius 1 is 0.482 bits per heavy atom. The van der Waals surface area contributed by atoms with Crippen molar-refractivity contribution in [2.45, 2.75) is 19.3 Å². The van der Waals surface area contributed by atoms with E-state index in [4.69, 9.17) is 0 Å². The van der Waals surface area contributed by atoms with Crippen LogP contribution in [-0.4, -0.2) is 4.57 Å². The Morgan fingerprint density at radius 2 is 1.11 bits per heavy atom. The van der Waals surface area contributed by atoms with Crippen molar-refractivity contribution < 1.29 is 0 Å². The molecule has 0 fully saturated rings. The van der Waals surface area contributed by atoms with Crippen LogP contribution in [0.25, 0.3) is 70.9 Å². The maximum absolute atomic E-state index is 2.48. The average molecular weight is 735 g/mol. The Kier molecular flexibility index (Phi) is 7.42. The van der Waals surface area contributed by atoms with Crippen LogP contribution in [0.2, 0.25) is 0 Å². The van der Waals surface area contributed by atoms with Crippen molar-refractivity contribution in [2.75, 3.05) is 4.90 Å². The highest BCUT2D eigenvalue weighted by atomic mass is 32.1. The molecule has 0 atom stereocenters. The highest BCUT2D eigenvalue weighted by Gasteiger charge is 2.38. The van der Waals surface area contributed by atoms with Gasteiger partial charge in [0.05, 0.1) is 11.0 Å². The van der Waals surface area contributed by atoms with Gasteiger partial charge in [-0.05, 0) is 100 Å². The van der Waals surface area contributed by atoms with Crippen LogP contribution < -0.4 is 4.90 Å². The number of fused-ring (bicyclic) bond motifs is 10. The highest BCUT2D eigenvalue weighted by molar-refractivity contribution is 7.25. The molecule has 10 aromatic rings. The SMILES string of the molecule is CC1(C)c2cc(/C=C/c3ccc(N(c4ccccc4)c4ccc5sc6ccccc6c5c4)cc3)ccc2-c2ccc3c4ccccc4n(-c4ccccc4)c3c21. The molecule has 0 unspecified atom stereocenters. The van der Waals surface area contributed by atoms with E-state index in [0.717, 1.165) is 22.6 Å². The van der Waals surface area contributed by atoms with Gasteiger partial charge in [0, 0.05) is 59.1 Å². The molecule has 0 aliphatic heterocycles. The van der Waals surface area contributed by atoms with Crippen LogP contribution >= 0.6 is 11.3 Å². The van der Waals surface area contributed by atoms with Gasteiger partial charge in [0.2, 0.25) is 0 Å². The molecule has 56 heavy (non-hydrogen) atoms. The van der Waals surface area contributed by atoms with Crippen molar-refractivity contribution in [2.24, 2.45) is 0 Å². The molecule has 1 aliphatic rings. The zero-order chi connectivity index (χ0) is 37.4. The predicted octanol–water partition coefficient (Wildman–Crippen LogP) is 15.1. The fraction of sp³-hybridized carbons (Fsp3) is 0.0566. The van der Waals surface area contributed by atoms with E-state index in [1.54, 1.807) is 0 Å². The minimum absolute atomic E-state index is 0.185. The summed E-state index contributed by atoms with van der Waals surface area (Å²) in [4.78, 5) is 2.35. The lowest BCUT2D eigenvalue weighted by molar-refractivity contribution is 0.663. The molecule has 3 heteroatoms. The second kappa shape index (κ2) is 12.7. The molecule has 1 aliphatic carbocycles. The molecule has 0 amide bonds. The fourth-order valence-corrected chi connectivity index (χ4v) is 10.2. The molecule has 0 spiro atoms. The summed E-state index contributed by atoms with van der Waals surface area (Å²) in [5.74, 6) is 0. The lowest BCUT2D eigenvalue weighted by atomic mass is 9.81. The number of para-hydroxylation sites is 3. The van der Waals surface area contributed by atoms with Gasteiger partial charge in [-0.3, -0.25) is 0 Å². The summed E-state index contributed by atoms with van der Waals surface area (Å²) in [5.41, 5.74) is 14.8. The van der Waals surface area contributed by atoms with Gasteiger partial charge in [0.1, 0.15) is 0 Å².